The first-order valence-corrected chi connectivity index (χ1v) is 11.8. The Hall–Kier alpha value is -2.28. The molecular weight excluding hydrogens is 447 g/mol. The lowest BCUT2D eigenvalue weighted by Gasteiger charge is -2.25. The van der Waals surface area contributed by atoms with E-state index < -0.39 is 0 Å². The van der Waals surface area contributed by atoms with Gasteiger partial charge in [0, 0.05) is 24.5 Å². The van der Waals surface area contributed by atoms with E-state index >= 15 is 0 Å². The molecule has 1 N–H and O–H groups in total. The van der Waals surface area contributed by atoms with Gasteiger partial charge >= 0.3 is 0 Å². The van der Waals surface area contributed by atoms with E-state index in [2.05, 4.69) is 5.43 Å². The molecular formula is C24H28Cl2N4O2. The molecule has 1 atom stereocenters. The molecule has 2 aliphatic rings. The van der Waals surface area contributed by atoms with Gasteiger partial charge in [0.2, 0.25) is 0 Å². The van der Waals surface area contributed by atoms with Crippen molar-refractivity contribution < 1.29 is 9.53 Å². The first-order chi connectivity index (χ1) is 15.5. The Morgan fingerprint density at radius 3 is 2.38 bits per heavy atom. The van der Waals surface area contributed by atoms with Gasteiger partial charge in [-0.3, -0.25) is 15.2 Å². The van der Waals surface area contributed by atoms with Crippen molar-refractivity contribution >= 4 is 40.5 Å². The molecule has 32 heavy (non-hydrogen) atoms. The van der Waals surface area contributed by atoms with Crippen molar-refractivity contribution in [2.45, 2.75) is 44.6 Å². The summed E-state index contributed by atoms with van der Waals surface area (Å²) >= 11 is 12.6. The molecule has 2 heterocycles. The van der Waals surface area contributed by atoms with Crippen molar-refractivity contribution in [3.05, 3.63) is 58.1 Å². The SMILES string of the molecule is COc1ccc(C2CC(C(=O)NN3CCCCCCC3)=NN2c2ccc(Cl)cc2Cl)cc1. The summed E-state index contributed by atoms with van der Waals surface area (Å²) in [6, 6.07) is 13.0. The molecule has 0 radical (unpaired) electrons. The summed E-state index contributed by atoms with van der Waals surface area (Å²) in [5.41, 5.74) is 5.30. The number of carbonyl (C=O) groups excluding carboxylic acids is 1. The van der Waals surface area contributed by atoms with Crippen LogP contribution in [0.3, 0.4) is 0 Å². The molecule has 170 valence electrons. The number of nitrogens with one attached hydrogen (secondary N) is 1. The molecule has 0 bridgehead atoms. The lowest BCUT2D eigenvalue weighted by Crippen LogP contribution is -2.46. The maximum atomic E-state index is 13.1. The summed E-state index contributed by atoms with van der Waals surface area (Å²) in [6.45, 7) is 1.74. The molecule has 2 aliphatic heterocycles. The molecule has 0 spiro atoms. The average Bonchev–Trinajstić information content (AvgIpc) is 3.21. The predicted octanol–water partition coefficient (Wildman–Crippen LogP) is 5.61. The van der Waals surface area contributed by atoms with Gasteiger partial charge in [-0.05, 0) is 48.7 Å². The van der Waals surface area contributed by atoms with Crippen molar-refractivity contribution in [1.29, 1.82) is 0 Å². The fraction of sp³-hybridized carbons (Fsp3) is 0.417. The number of hydrazone groups is 1. The minimum atomic E-state index is -0.160. The Morgan fingerprint density at radius 2 is 1.72 bits per heavy atom. The van der Waals surface area contributed by atoms with Gasteiger partial charge in [0.05, 0.1) is 23.9 Å². The summed E-state index contributed by atoms with van der Waals surface area (Å²) < 4.78 is 5.29. The normalized spacial score (nSPS) is 19.8. The number of amides is 1. The maximum Gasteiger partial charge on any atom is 0.281 e. The third-order valence-electron chi connectivity index (χ3n) is 5.95. The maximum absolute atomic E-state index is 13.1. The molecule has 0 saturated carbocycles. The van der Waals surface area contributed by atoms with Gasteiger partial charge in [-0.1, -0.05) is 54.6 Å². The summed E-state index contributed by atoms with van der Waals surface area (Å²) in [4.78, 5) is 13.1. The molecule has 0 aromatic heterocycles. The van der Waals surface area contributed by atoms with E-state index in [9.17, 15) is 4.79 Å². The van der Waals surface area contributed by atoms with Crippen LogP contribution in [0.15, 0.2) is 47.6 Å². The highest BCUT2D eigenvalue weighted by atomic mass is 35.5. The number of anilines is 1. The number of halogens is 2. The molecule has 1 unspecified atom stereocenters. The van der Waals surface area contributed by atoms with Gasteiger partial charge in [0.1, 0.15) is 11.5 Å². The van der Waals surface area contributed by atoms with Gasteiger partial charge in [0.25, 0.3) is 5.91 Å². The molecule has 8 heteroatoms. The number of nitrogens with zero attached hydrogens (tertiary/aromatic N) is 3. The summed E-state index contributed by atoms with van der Waals surface area (Å²) in [5, 5.41) is 9.61. The summed E-state index contributed by atoms with van der Waals surface area (Å²) in [7, 11) is 1.64. The van der Waals surface area contributed by atoms with Crippen molar-refractivity contribution in [3.8, 4) is 5.75 Å². The fourth-order valence-electron chi connectivity index (χ4n) is 4.19. The van der Waals surface area contributed by atoms with Crippen LogP contribution >= 0.6 is 23.2 Å². The predicted molar refractivity (Wildman–Crippen MR) is 130 cm³/mol. The zero-order valence-corrected chi connectivity index (χ0v) is 19.7. The largest absolute Gasteiger partial charge is 0.497 e. The van der Waals surface area contributed by atoms with E-state index in [1.807, 2.05) is 40.3 Å². The van der Waals surface area contributed by atoms with E-state index in [1.165, 1.54) is 19.3 Å². The minimum Gasteiger partial charge on any atom is -0.497 e. The van der Waals surface area contributed by atoms with E-state index in [0.29, 0.717) is 27.9 Å². The van der Waals surface area contributed by atoms with E-state index in [-0.39, 0.29) is 11.9 Å². The molecule has 2 aromatic carbocycles. The van der Waals surface area contributed by atoms with Crippen LogP contribution in [0.4, 0.5) is 5.69 Å². The Kier molecular flexibility index (Phi) is 7.55. The van der Waals surface area contributed by atoms with Gasteiger partial charge in [-0.2, -0.15) is 5.10 Å². The van der Waals surface area contributed by atoms with Gasteiger partial charge in [-0.15, -0.1) is 0 Å². The minimum absolute atomic E-state index is 0.156. The highest BCUT2D eigenvalue weighted by Crippen LogP contribution is 2.40. The van der Waals surface area contributed by atoms with Crippen LogP contribution < -0.4 is 15.2 Å². The number of hydrazine groups is 1. The molecule has 4 rings (SSSR count). The van der Waals surface area contributed by atoms with Crippen molar-refractivity contribution in [2.24, 2.45) is 5.10 Å². The number of hydrogen-bond acceptors (Lipinski definition) is 5. The quantitative estimate of drug-likeness (QED) is 0.611. The van der Waals surface area contributed by atoms with E-state index in [1.54, 1.807) is 19.2 Å². The number of ether oxygens (including phenoxy) is 1. The highest BCUT2D eigenvalue weighted by Gasteiger charge is 2.34. The second-order valence-electron chi connectivity index (χ2n) is 8.18. The second kappa shape index (κ2) is 10.6. The van der Waals surface area contributed by atoms with Gasteiger partial charge < -0.3 is 4.74 Å². The number of hydrogen-bond donors (Lipinski definition) is 1. The first-order valence-electron chi connectivity index (χ1n) is 11.1. The van der Waals surface area contributed by atoms with Gasteiger partial charge in [-0.25, -0.2) is 5.01 Å². The monoisotopic (exact) mass is 474 g/mol. The molecule has 1 amide bonds. The standard InChI is InChI=1S/C24H28Cl2N4O2/c1-32-19-10-7-17(8-11-19)23-16-21(24(31)28-29-13-5-3-2-4-6-14-29)27-30(23)22-12-9-18(25)15-20(22)26/h7-12,15,23H,2-6,13-14,16H2,1H3,(H,28,31). The van der Waals surface area contributed by atoms with E-state index in [0.717, 1.165) is 37.2 Å². The Morgan fingerprint density at radius 1 is 1.03 bits per heavy atom. The zero-order chi connectivity index (χ0) is 22.5. The molecule has 0 aliphatic carbocycles. The van der Waals surface area contributed by atoms with Crippen molar-refractivity contribution in [3.63, 3.8) is 0 Å². The summed E-state index contributed by atoms with van der Waals surface area (Å²) in [6.07, 6.45) is 6.34. The van der Waals surface area contributed by atoms with Gasteiger partial charge in [0.15, 0.2) is 0 Å². The molecule has 1 fully saturated rings. The first kappa shape index (κ1) is 22.9. The number of carbonyl (C=O) groups is 1. The topological polar surface area (TPSA) is 57.2 Å². The Bertz CT molecular complexity index is 972. The lowest BCUT2D eigenvalue weighted by molar-refractivity contribution is -0.119. The van der Waals surface area contributed by atoms with Crippen LogP contribution in [-0.4, -0.2) is 36.8 Å². The fourth-order valence-corrected chi connectivity index (χ4v) is 4.68. The number of benzene rings is 2. The third kappa shape index (κ3) is 5.37. The van der Waals surface area contributed by atoms with Crippen LogP contribution in [0.2, 0.25) is 10.0 Å². The van der Waals surface area contributed by atoms with Crippen LogP contribution in [-0.2, 0) is 4.79 Å². The Labute approximate surface area is 199 Å². The van der Waals surface area contributed by atoms with E-state index in [4.69, 9.17) is 33.0 Å². The number of rotatable bonds is 5. The molecule has 6 nitrogen and oxygen atoms in total. The molecule has 2 aromatic rings. The van der Waals surface area contributed by atoms with Crippen LogP contribution in [0.5, 0.6) is 5.75 Å². The highest BCUT2D eigenvalue weighted by molar-refractivity contribution is 6.40. The summed E-state index contributed by atoms with van der Waals surface area (Å²) in [5.74, 6) is 0.621. The average molecular weight is 475 g/mol. The third-order valence-corrected chi connectivity index (χ3v) is 6.48. The van der Waals surface area contributed by atoms with Crippen molar-refractivity contribution in [1.82, 2.24) is 10.4 Å². The van der Waals surface area contributed by atoms with Crippen LogP contribution in [0, 0.1) is 0 Å². The second-order valence-corrected chi connectivity index (χ2v) is 9.02. The van der Waals surface area contributed by atoms with Crippen LogP contribution in [0.25, 0.3) is 0 Å². The Balaban J connectivity index is 1.58. The molecule has 1 saturated heterocycles. The lowest BCUT2D eigenvalue weighted by atomic mass is 10.0. The van der Waals surface area contributed by atoms with Crippen LogP contribution in [0.1, 0.15) is 50.1 Å². The smallest absolute Gasteiger partial charge is 0.281 e. The van der Waals surface area contributed by atoms with Crippen molar-refractivity contribution in [2.75, 3.05) is 25.2 Å². The zero-order valence-electron chi connectivity index (χ0n) is 18.2. The number of methoxy groups -OCH3 is 1.